The molecule has 1 aliphatic carbocycles. The first-order chi connectivity index (χ1) is 15.7. The van der Waals surface area contributed by atoms with Crippen LogP contribution in [0.5, 0.6) is 0 Å². The molecule has 0 spiro atoms. The SMILES string of the molecule is Cc1ccc(-n2cc(-c3ccccc3)c3c(NCCC4=CCCCC4)ncnc32)cc1Cl. The summed E-state index contributed by atoms with van der Waals surface area (Å²) >= 11 is 6.45. The summed E-state index contributed by atoms with van der Waals surface area (Å²) < 4.78 is 2.11. The number of halogens is 1. The first kappa shape index (κ1) is 20.8. The fourth-order valence-electron chi connectivity index (χ4n) is 4.43. The second-order valence-electron chi connectivity index (χ2n) is 8.42. The van der Waals surface area contributed by atoms with E-state index in [4.69, 9.17) is 11.6 Å². The number of aromatic nitrogens is 3. The number of fused-ring (bicyclic) bond motifs is 1. The van der Waals surface area contributed by atoms with Crippen LogP contribution in [0.15, 0.2) is 72.7 Å². The molecule has 0 fully saturated rings. The first-order valence-corrected chi connectivity index (χ1v) is 11.7. The van der Waals surface area contributed by atoms with Crippen LogP contribution >= 0.6 is 11.6 Å². The third kappa shape index (κ3) is 4.15. The van der Waals surface area contributed by atoms with E-state index in [2.05, 4.69) is 62.5 Å². The van der Waals surface area contributed by atoms with Gasteiger partial charge in [-0.05, 0) is 62.3 Å². The van der Waals surface area contributed by atoms with Crippen LogP contribution in [0.1, 0.15) is 37.7 Å². The third-order valence-corrected chi connectivity index (χ3v) is 6.63. The number of rotatable bonds is 6. The van der Waals surface area contributed by atoms with E-state index >= 15 is 0 Å². The number of nitrogens with one attached hydrogen (secondary N) is 1. The number of allylic oxidation sites excluding steroid dienone is 1. The molecule has 2 aromatic carbocycles. The fraction of sp³-hybridized carbons (Fsp3) is 0.259. The minimum Gasteiger partial charge on any atom is -0.369 e. The Balaban J connectivity index is 1.58. The molecule has 0 saturated heterocycles. The van der Waals surface area contributed by atoms with Crippen LogP contribution in [-0.2, 0) is 0 Å². The molecule has 5 rings (SSSR count). The van der Waals surface area contributed by atoms with Gasteiger partial charge in [-0.2, -0.15) is 0 Å². The van der Waals surface area contributed by atoms with Gasteiger partial charge in [-0.1, -0.05) is 59.6 Å². The van der Waals surface area contributed by atoms with Crippen molar-refractivity contribution in [3.63, 3.8) is 0 Å². The number of hydrogen-bond acceptors (Lipinski definition) is 3. The highest BCUT2D eigenvalue weighted by Crippen LogP contribution is 2.36. The summed E-state index contributed by atoms with van der Waals surface area (Å²) in [6.07, 6.45) is 12.3. The van der Waals surface area contributed by atoms with Crippen molar-refractivity contribution < 1.29 is 0 Å². The summed E-state index contributed by atoms with van der Waals surface area (Å²) in [4.78, 5) is 9.31. The maximum Gasteiger partial charge on any atom is 0.150 e. The van der Waals surface area contributed by atoms with Gasteiger partial charge in [0.05, 0.1) is 5.39 Å². The molecule has 2 aromatic heterocycles. The standard InChI is InChI=1S/C27H27ClN4/c1-19-12-13-22(16-24(19)28)32-17-23(21-10-6-3-7-11-21)25-26(30-18-31-27(25)32)29-15-14-20-8-4-2-5-9-20/h3,6-8,10-13,16-18H,2,4-5,9,14-15H2,1H3,(H,29,30,31). The Hall–Kier alpha value is -3.11. The molecule has 32 heavy (non-hydrogen) atoms. The molecule has 0 amide bonds. The van der Waals surface area contributed by atoms with Gasteiger partial charge in [0.25, 0.3) is 0 Å². The predicted molar refractivity (Wildman–Crippen MR) is 134 cm³/mol. The molecule has 0 bridgehead atoms. The molecule has 1 N–H and O–H groups in total. The van der Waals surface area contributed by atoms with Crippen molar-refractivity contribution in [1.29, 1.82) is 0 Å². The summed E-state index contributed by atoms with van der Waals surface area (Å²) in [7, 11) is 0. The fourth-order valence-corrected chi connectivity index (χ4v) is 4.61. The first-order valence-electron chi connectivity index (χ1n) is 11.3. The van der Waals surface area contributed by atoms with E-state index in [9.17, 15) is 0 Å². The normalized spacial score (nSPS) is 13.9. The van der Waals surface area contributed by atoms with E-state index in [1.807, 2.05) is 25.1 Å². The third-order valence-electron chi connectivity index (χ3n) is 6.22. The van der Waals surface area contributed by atoms with Crippen molar-refractivity contribution in [3.8, 4) is 16.8 Å². The number of hydrogen-bond donors (Lipinski definition) is 1. The van der Waals surface area contributed by atoms with Gasteiger partial charge in [0.2, 0.25) is 0 Å². The minimum atomic E-state index is 0.749. The molecule has 0 saturated carbocycles. The van der Waals surface area contributed by atoms with Gasteiger partial charge in [-0.25, -0.2) is 9.97 Å². The molecule has 1 aliphatic rings. The average molecular weight is 443 g/mol. The van der Waals surface area contributed by atoms with Gasteiger partial charge in [0, 0.05) is 29.0 Å². The number of aryl methyl sites for hydroxylation is 1. The van der Waals surface area contributed by atoms with Crippen molar-refractivity contribution >= 4 is 28.5 Å². The maximum absolute atomic E-state index is 6.45. The van der Waals surface area contributed by atoms with Crippen molar-refractivity contribution in [2.75, 3.05) is 11.9 Å². The summed E-state index contributed by atoms with van der Waals surface area (Å²) in [6.45, 7) is 2.88. The summed E-state index contributed by atoms with van der Waals surface area (Å²) in [6, 6.07) is 16.5. The van der Waals surface area contributed by atoms with Gasteiger partial charge >= 0.3 is 0 Å². The molecular weight excluding hydrogens is 416 g/mol. The highest BCUT2D eigenvalue weighted by Gasteiger charge is 2.17. The average Bonchev–Trinajstić information content (AvgIpc) is 3.23. The van der Waals surface area contributed by atoms with E-state index < -0.39 is 0 Å². The lowest BCUT2D eigenvalue weighted by Crippen LogP contribution is -2.07. The van der Waals surface area contributed by atoms with Crippen LogP contribution in [0.25, 0.3) is 27.8 Å². The smallest absolute Gasteiger partial charge is 0.150 e. The highest BCUT2D eigenvalue weighted by atomic mass is 35.5. The van der Waals surface area contributed by atoms with E-state index in [1.54, 1.807) is 11.9 Å². The van der Waals surface area contributed by atoms with Crippen molar-refractivity contribution in [2.24, 2.45) is 0 Å². The minimum absolute atomic E-state index is 0.749. The molecule has 162 valence electrons. The Kier molecular flexibility index (Phi) is 5.95. The van der Waals surface area contributed by atoms with Gasteiger partial charge in [0.1, 0.15) is 12.1 Å². The molecule has 5 heteroatoms. The maximum atomic E-state index is 6.45. The van der Waals surface area contributed by atoms with Crippen LogP contribution < -0.4 is 5.32 Å². The molecule has 0 aliphatic heterocycles. The van der Waals surface area contributed by atoms with E-state index in [0.29, 0.717) is 0 Å². The van der Waals surface area contributed by atoms with Crippen LogP contribution in [0.3, 0.4) is 0 Å². The largest absolute Gasteiger partial charge is 0.369 e. The lowest BCUT2D eigenvalue weighted by molar-refractivity contribution is 0.679. The van der Waals surface area contributed by atoms with Crippen molar-refractivity contribution in [2.45, 2.75) is 39.0 Å². The zero-order valence-corrected chi connectivity index (χ0v) is 19.1. The molecule has 2 heterocycles. The topological polar surface area (TPSA) is 42.7 Å². The number of benzene rings is 2. The van der Waals surface area contributed by atoms with Crippen LogP contribution in [-0.4, -0.2) is 21.1 Å². The van der Waals surface area contributed by atoms with Gasteiger partial charge < -0.3 is 9.88 Å². The second-order valence-corrected chi connectivity index (χ2v) is 8.83. The van der Waals surface area contributed by atoms with Gasteiger partial charge in [-0.3, -0.25) is 0 Å². The molecule has 4 nitrogen and oxygen atoms in total. The van der Waals surface area contributed by atoms with Crippen LogP contribution in [0, 0.1) is 6.92 Å². The monoisotopic (exact) mass is 442 g/mol. The Bertz CT molecular complexity index is 1270. The molecule has 0 radical (unpaired) electrons. The Labute approximate surface area is 194 Å². The van der Waals surface area contributed by atoms with Crippen LogP contribution in [0.2, 0.25) is 5.02 Å². The molecular formula is C27H27ClN4. The van der Waals surface area contributed by atoms with E-state index in [1.165, 1.54) is 25.7 Å². The molecule has 0 unspecified atom stereocenters. The van der Waals surface area contributed by atoms with Crippen LogP contribution in [0.4, 0.5) is 5.82 Å². The molecule has 4 aromatic rings. The lowest BCUT2D eigenvalue weighted by atomic mass is 9.97. The Morgan fingerprint density at radius 3 is 2.72 bits per heavy atom. The van der Waals surface area contributed by atoms with E-state index in [0.717, 1.165) is 57.2 Å². The van der Waals surface area contributed by atoms with Crippen molar-refractivity contribution in [3.05, 3.63) is 83.3 Å². The summed E-state index contributed by atoms with van der Waals surface area (Å²) in [5.41, 5.74) is 6.73. The Morgan fingerprint density at radius 2 is 1.94 bits per heavy atom. The lowest BCUT2D eigenvalue weighted by Gasteiger charge is -2.14. The zero-order chi connectivity index (χ0) is 21.9. The highest BCUT2D eigenvalue weighted by molar-refractivity contribution is 6.31. The van der Waals surface area contributed by atoms with Gasteiger partial charge in [-0.15, -0.1) is 0 Å². The summed E-state index contributed by atoms with van der Waals surface area (Å²) in [5, 5.41) is 5.38. The summed E-state index contributed by atoms with van der Waals surface area (Å²) in [5.74, 6) is 0.877. The van der Waals surface area contributed by atoms with E-state index in [-0.39, 0.29) is 0 Å². The number of anilines is 1. The molecule has 0 atom stereocenters. The zero-order valence-electron chi connectivity index (χ0n) is 18.3. The number of nitrogens with zero attached hydrogens (tertiary/aromatic N) is 3. The Morgan fingerprint density at radius 1 is 1.06 bits per heavy atom. The second kappa shape index (κ2) is 9.17. The van der Waals surface area contributed by atoms with Gasteiger partial charge in [0.15, 0.2) is 5.65 Å². The van der Waals surface area contributed by atoms with Crippen molar-refractivity contribution in [1.82, 2.24) is 14.5 Å². The predicted octanol–water partition coefficient (Wildman–Crippen LogP) is 7.35. The quantitative estimate of drug-likeness (QED) is 0.317.